The normalized spacial score (nSPS) is 14.8. The zero-order valence-electron chi connectivity index (χ0n) is 31.8. The standard InChI is InChI=1S/C40H43ClF3N9O5/c1-38(2,23-46-32(55)33(56)47-29-16-8-26(9-17-29)34(57)53-20-4-3-5-21-53)22-45-31(54)25-6-14-30(15-7-25)48-35-49-36(51-37(50-35)58-24-40(42,43)44)52-39(18-19-39)27-10-12-28(41)13-11-27/h6-17H,3-5,18-24H2,1-2H3,(H,45,54)(H,46,55)(H,47,56)(H2,48,49,50,51,52). The molecule has 1 saturated carbocycles. The number of aromatic nitrogens is 3. The SMILES string of the molecule is CC(C)(CNC(=O)C(=O)Nc1ccc(C(=O)N2CCCCC2)cc1)CNC(=O)c1ccc(Nc2nc(NC3(c4ccc(Cl)cc4)CC3)nc(OCC(F)(F)F)n2)cc1. The number of alkyl halides is 3. The van der Waals surface area contributed by atoms with Crippen LogP contribution < -0.4 is 31.3 Å². The number of amides is 4. The molecule has 4 aromatic rings. The first-order chi connectivity index (χ1) is 27.6. The molecule has 1 aromatic heterocycles. The minimum absolute atomic E-state index is 0.00413. The molecule has 6 rings (SSSR count). The summed E-state index contributed by atoms with van der Waals surface area (Å²) < 4.78 is 43.8. The minimum atomic E-state index is -4.62. The Morgan fingerprint density at radius 2 is 1.36 bits per heavy atom. The molecule has 14 nitrogen and oxygen atoms in total. The number of rotatable bonds is 14. The molecule has 5 N–H and O–H groups in total. The van der Waals surface area contributed by atoms with E-state index in [1.807, 2.05) is 30.9 Å². The fourth-order valence-electron chi connectivity index (χ4n) is 6.15. The number of ether oxygens (including phenoxy) is 1. The van der Waals surface area contributed by atoms with Crippen molar-refractivity contribution in [2.45, 2.75) is 57.7 Å². The molecule has 0 unspecified atom stereocenters. The number of piperidine rings is 1. The van der Waals surface area contributed by atoms with Gasteiger partial charge in [0.25, 0.3) is 11.8 Å². The average molecular weight is 822 g/mol. The Morgan fingerprint density at radius 1 is 0.759 bits per heavy atom. The number of carbonyl (C=O) groups is 4. The molecule has 1 aliphatic heterocycles. The molecule has 58 heavy (non-hydrogen) atoms. The summed E-state index contributed by atoms with van der Waals surface area (Å²) in [5, 5.41) is 14.7. The van der Waals surface area contributed by atoms with Crippen molar-refractivity contribution in [2.24, 2.45) is 5.41 Å². The first-order valence-electron chi connectivity index (χ1n) is 18.7. The van der Waals surface area contributed by atoms with Crippen LogP contribution in [0.25, 0.3) is 0 Å². The fraction of sp³-hybridized carbons (Fsp3) is 0.375. The number of hydrogen-bond donors (Lipinski definition) is 5. The molecule has 2 fully saturated rings. The summed E-state index contributed by atoms with van der Waals surface area (Å²) in [5.41, 5.74) is 1.35. The largest absolute Gasteiger partial charge is 0.454 e. The summed E-state index contributed by atoms with van der Waals surface area (Å²) in [5.74, 6) is -2.28. The van der Waals surface area contributed by atoms with Crippen molar-refractivity contribution in [1.29, 1.82) is 0 Å². The lowest BCUT2D eigenvalue weighted by Crippen LogP contribution is -2.44. The van der Waals surface area contributed by atoms with Crippen molar-refractivity contribution in [3.8, 4) is 6.01 Å². The highest BCUT2D eigenvalue weighted by molar-refractivity contribution is 6.39. The van der Waals surface area contributed by atoms with Gasteiger partial charge in [-0.2, -0.15) is 28.1 Å². The summed E-state index contributed by atoms with van der Waals surface area (Å²) in [6.45, 7) is 3.69. The molecule has 2 aliphatic rings. The van der Waals surface area contributed by atoms with Crippen LogP contribution in [-0.2, 0) is 15.1 Å². The maximum atomic E-state index is 13.0. The van der Waals surface area contributed by atoms with Crippen LogP contribution in [0, 0.1) is 5.41 Å². The monoisotopic (exact) mass is 821 g/mol. The topological polar surface area (TPSA) is 180 Å². The third-order valence-electron chi connectivity index (χ3n) is 9.58. The lowest BCUT2D eigenvalue weighted by Gasteiger charge is -2.26. The molecule has 0 spiro atoms. The van der Waals surface area contributed by atoms with E-state index in [1.165, 1.54) is 12.1 Å². The maximum Gasteiger partial charge on any atom is 0.422 e. The number of anilines is 4. The highest BCUT2D eigenvalue weighted by Gasteiger charge is 2.45. The summed E-state index contributed by atoms with van der Waals surface area (Å²) in [7, 11) is 0. The zero-order valence-corrected chi connectivity index (χ0v) is 32.6. The van der Waals surface area contributed by atoms with Gasteiger partial charge in [-0.1, -0.05) is 37.6 Å². The van der Waals surface area contributed by atoms with Gasteiger partial charge >= 0.3 is 24.0 Å². The van der Waals surface area contributed by atoms with Crippen LogP contribution in [0.1, 0.15) is 72.2 Å². The molecule has 2 heterocycles. The number of hydrogen-bond acceptors (Lipinski definition) is 10. The summed E-state index contributed by atoms with van der Waals surface area (Å²) in [6.07, 6.45) is -0.0891. The number of likely N-dealkylation sites (tertiary alicyclic amines) is 1. The van der Waals surface area contributed by atoms with Gasteiger partial charge in [0.15, 0.2) is 6.61 Å². The molecule has 4 amide bonds. The van der Waals surface area contributed by atoms with Gasteiger partial charge in [0.1, 0.15) is 0 Å². The Balaban J connectivity index is 0.992. The Labute approximate surface area is 337 Å². The van der Waals surface area contributed by atoms with Crippen molar-refractivity contribution in [3.05, 3.63) is 94.5 Å². The van der Waals surface area contributed by atoms with Crippen LogP contribution in [0.15, 0.2) is 72.8 Å². The van der Waals surface area contributed by atoms with Gasteiger partial charge in [-0.25, -0.2) is 0 Å². The highest BCUT2D eigenvalue weighted by Crippen LogP contribution is 2.48. The number of benzene rings is 3. The summed E-state index contributed by atoms with van der Waals surface area (Å²) >= 11 is 6.04. The number of carbonyl (C=O) groups excluding carboxylic acids is 4. The number of nitrogens with one attached hydrogen (secondary N) is 5. The van der Waals surface area contributed by atoms with Crippen molar-refractivity contribution in [3.63, 3.8) is 0 Å². The van der Waals surface area contributed by atoms with E-state index in [1.54, 1.807) is 48.5 Å². The van der Waals surface area contributed by atoms with Gasteiger partial charge in [-0.3, -0.25) is 19.2 Å². The second kappa shape index (κ2) is 17.7. The van der Waals surface area contributed by atoms with E-state index in [0.717, 1.165) is 50.8 Å². The van der Waals surface area contributed by atoms with Crippen LogP contribution in [0.3, 0.4) is 0 Å². The Kier molecular flexibility index (Phi) is 12.7. The van der Waals surface area contributed by atoms with Gasteiger partial charge in [0, 0.05) is 53.7 Å². The second-order valence-electron chi connectivity index (χ2n) is 15.0. The highest BCUT2D eigenvalue weighted by atomic mass is 35.5. The molecule has 306 valence electrons. The van der Waals surface area contributed by atoms with Gasteiger partial charge < -0.3 is 36.2 Å². The molecule has 0 radical (unpaired) electrons. The van der Waals surface area contributed by atoms with Gasteiger partial charge in [-0.05, 0) is 104 Å². The van der Waals surface area contributed by atoms with Crippen LogP contribution in [0.5, 0.6) is 6.01 Å². The van der Waals surface area contributed by atoms with Crippen LogP contribution in [0.2, 0.25) is 5.02 Å². The Hall–Kier alpha value is -5.97. The zero-order chi connectivity index (χ0) is 41.5. The first kappa shape index (κ1) is 41.7. The lowest BCUT2D eigenvalue weighted by molar-refractivity contribution is -0.154. The van der Waals surface area contributed by atoms with Gasteiger partial charge in [0.05, 0.1) is 5.54 Å². The van der Waals surface area contributed by atoms with E-state index < -0.39 is 47.5 Å². The van der Waals surface area contributed by atoms with E-state index in [0.29, 0.717) is 27.5 Å². The molecule has 0 bridgehead atoms. The third-order valence-corrected chi connectivity index (χ3v) is 9.83. The number of halogens is 4. The molecule has 1 aliphatic carbocycles. The molecule has 3 aromatic carbocycles. The average Bonchev–Trinajstić information content (AvgIpc) is 3.99. The number of nitrogens with zero attached hydrogens (tertiary/aromatic N) is 4. The van der Waals surface area contributed by atoms with Crippen LogP contribution in [0.4, 0.5) is 36.4 Å². The van der Waals surface area contributed by atoms with E-state index in [9.17, 15) is 32.3 Å². The van der Waals surface area contributed by atoms with Crippen molar-refractivity contribution < 1.29 is 37.1 Å². The Bertz CT molecular complexity index is 2110. The van der Waals surface area contributed by atoms with Crippen LogP contribution >= 0.6 is 11.6 Å². The van der Waals surface area contributed by atoms with Gasteiger partial charge in [-0.15, -0.1) is 0 Å². The lowest BCUT2D eigenvalue weighted by atomic mass is 9.93. The smallest absolute Gasteiger partial charge is 0.422 e. The van der Waals surface area contributed by atoms with E-state index in [2.05, 4.69) is 41.5 Å². The summed E-state index contributed by atoms with van der Waals surface area (Å²) in [6, 6.07) is 19.3. The third kappa shape index (κ3) is 11.6. The predicted molar refractivity (Wildman–Crippen MR) is 211 cm³/mol. The minimum Gasteiger partial charge on any atom is -0.454 e. The quantitative estimate of drug-likeness (QED) is 0.0889. The molecular weight excluding hydrogens is 779 g/mol. The fourth-order valence-corrected chi connectivity index (χ4v) is 6.28. The van der Waals surface area contributed by atoms with Crippen molar-refractivity contribution >= 4 is 58.5 Å². The van der Waals surface area contributed by atoms with Crippen LogP contribution in [-0.4, -0.2) is 82.4 Å². The molecular formula is C40H43ClF3N9O5. The van der Waals surface area contributed by atoms with E-state index in [-0.39, 0.29) is 30.9 Å². The summed E-state index contributed by atoms with van der Waals surface area (Å²) in [4.78, 5) is 65.1. The first-order valence-corrected chi connectivity index (χ1v) is 19.1. The maximum absolute atomic E-state index is 13.0. The van der Waals surface area contributed by atoms with E-state index >= 15 is 0 Å². The van der Waals surface area contributed by atoms with Gasteiger partial charge in [0.2, 0.25) is 11.9 Å². The predicted octanol–water partition coefficient (Wildman–Crippen LogP) is 6.45. The Morgan fingerprint density at radius 3 is 2.00 bits per heavy atom. The van der Waals surface area contributed by atoms with Crippen molar-refractivity contribution in [1.82, 2.24) is 30.5 Å². The molecule has 18 heteroatoms. The molecule has 0 atom stereocenters. The van der Waals surface area contributed by atoms with E-state index in [4.69, 9.17) is 16.3 Å². The van der Waals surface area contributed by atoms with Crippen molar-refractivity contribution in [2.75, 3.05) is 48.7 Å². The molecule has 1 saturated heterocycles. The second-order valence-corrected chi connectivity index (χ2v) is 15.4.